The van der Waals surface area contributed by atoms with Crippen LogP contribution in [0.15, 0.2) is 24.3 Å². The van der Waals surface area contributed by atoms with Crippen molar-refractivity contribution in [3.8, 4) is 0 Å². The summed E-state index contributed by atoms with van der Waals surface area (Å²) in [6.07, 6.45) is 0. The topological polar surface area (TPSA) is 41.6 Å². The minimum absolute atomic E-state index is 0.0271. The summed E-state index contributed by atoms with van der Waals surface area (Å²) in [4.78, 5) is 14.4. The number of hydrogen-bond donors (Lipinski definition) is 1. The van der Waals surface area contributed by atoms with Crippen LogP contribution in [0.5, 0.6) is 0 Å². The van der Waals surface area contributed by atoms with Gasteiger partial charge in [0, 0.05) is 30.9 Å². The van der Waals surface area contributed by atoms with Crippen LogP contribution in [0.1, 0.15) is 25.0 Å². The first kappa shape index (κ1) is 18.3. The molecule has 0 saturated carbocycles. The molecule has 4 nitrogen and oxygen atoms in total. The Morgan fingerprint density at radius 2 is 2.09 bits per heavy atom. The number of benzene rings is 1. The molecule has 1 aliphatic rings. The highest BCUT2D eigenvalue weighted by molar-refractivity contribution is 7.99. The first-order valence-corrected chi connectivity index (χ1v) is 9.36. The van der Waals surface area contributed by atoms with Crippen molar-refractivity contribution in [1.82, 2.24) is 10.2 Å². The third-order valence-electron chi connectivity index (χ3n) is 4.17. The van der Waals surface area contributed by atoms with Gasteiger partial charge in [-0.1, -0.05) is 29.8 Å². The summed E-state index contributed by atoms with van der Waals surface area (Å²) < 4.78 is 5.39. The Bertz CT molecular complexity index is 513. The lowest BCUT2D eigenvalue weighted by molar-refractivity contribution is -0.119. The second-order valence-corrected chi connectivity index (χ2v) is 7.66. The zero-order valence-corrected chi connectivity index (χ0v) is 15.2. The summed E-state index contributed by atoms with van der Waals surface area (Å²) in [5.41, 5.74) is 2.51. The molecule has 1 amide bonds. The lowest BCUT2D eigenvalue weighted by atomic mass is 10.0. The Balaban J connectivity index is 1.68. The Labute approximate surface area is 144 Å². The first-order valence-electron chi connectivity index (χ1n) is 8.20. The Kier molecular flexibility index (Phi) is 6.93. The van der Waals surface area contributed by atoms with E-state index in [-0.39, 0.29) is 11.4 Å². The molecule has 0 aliphatic carbocycles. The number of amides is 1. The van der Waals surface area contributed by atoms with Gasteiger partial charge in [-0.3, -0.25) is 9.69 Å². The molecule has 0 unspecified atom stereocenters. The van der Waals surface area contributed by atoms with Gasteiger partial charge in [0.2, 0.25) is 5.91 Å². The quantitative estimate of drug-likeness (QED) is 0.830. The average molecular weight is 337 g/mol. The van der Waals surface area contributed by atoms with E-state index in [1.54, 1.807) is 11.8 Å². The predicted molar refractivity (Wildman–Crippen MR) is 96.8 cm³/mol. The predicted octanol–water partition coefficient (Wildman–Crippen LogP) is 2.46. The fourth-order valence-electron chi connectivity index (χ4n) is 2.71. The van der Waals surface area contributed by atoms with E-state index in [1.165, 1.54) is 11.1 Å². The molecule has 0 radical (unpaired) electrons. The van der Waals surface area contributed by atoms with E-state index in [0.29, 0.717) is 12.3 Å². The SMILES string of the molecule is Cc1cccc(CSCC(=O)NCC(C)(C)N2CCOCC2)c1. The van der Waals surface area contributed by atoms with Gasteiger partial charge in [0.25, 0.3) is 0 Å². The third kappa shape index (κ3) is 6.16. The number of rotatable bonds is 7. The van der Waals surface area contributed by atoms with Gasteiger partial charge in [0.05, 0.1) is 19.0 Å². The van der Waals surface area contributed by atoms with Crippen LogP contribution in [-0.2, 0) is 15.3 Å². The van der Waals surface area contributed by atoms with Crippen molar-refractivity contribution in [3.05, 3.63) is 35.4 Å². The van der Waals surface area contributed by atoms with Gasteiger partial charge in [-0.05, 0) is 26.3 Å². The molecule has 1 aliphatic heterocycles. The molecule has 1 saturated heterocycles. The Hall–Kier alpha value is -1.04. The van der Waals surface area contributed by atoms with Crippen molar-refractivity contribution in [1.29, 1.82) is 0 Å². The van der Waals surface area contributed by atoms with E-state index in [2.05, 4.69) is 55.3 Å². The number of nitrogens with one attached hydrogen (secondary N) is 1. The summed E-state index contributed by atoms with van der Waals surface area (Å²) in [5, 5.41) is 3.08. The molecular weight excluding hydrogens is 308 g/mol. The molecule has 1 aromatic carbocycles. The van der Waals surface area contributed by atoms with Crippen LogP contribution in [-0.4, -0.2) is 54.9 Å². The number of ether oxygens (including phenoxy) is 1. The largest absolute Gasteiger partial charge is 0.379 e. The molecule has 1 aromatic rings. The van der Waals surface area contributed by atoms with Crippen molar-refractivity contribution >= 4 is 17.7 Å². The highest BCUT2D eigenvalue weighted by Crippen LogP contribution is 2.16. The minimum Gasteiger partial charge on any atom is -0.379 e. The van der Waals surface area contributed by atoms with E-state index in [1.807, 2.05) is 0 Å². The first-order chi connectivity index (χ1) is 11.0. The number of carbonyl (C=O) groups excluding carboxylic acids is 1. The van der Waals surface area contributed by atoms with Crippen LogP contribution in [0.25, 0.3) is 0 Å². The minimum atomic E-state index is -0.0271. The summed E-state index contributed by atoms with van der Waals surface area (Å²) in [5.74, 6) is 1.50. The van der Waals surface area contributed by atoms with Crippen LogP contribution in [0.3, 0.4) is 0 Å². The van der Waals surface area contributed by atoms with E-state index in [0.717, 1.165) is 32.1 Å². The van der Waals surface area contributed by atoms with Crippen LogP contribution in [0.2, 0.25) is 0 Å². The van der Waals surface area contributed by atoms with Crippen molar-refractivity contribution in [3.63, 3.8) is 0 Å². The molecule has 1 fully saturated rings. The molecule has 0 aromatic heterocycles. The summed E-state index contributed by atoms with van der Waals surface area (Å²) in [7, 11) is 0. The molecule has 1 heterocycles. The van der Waals surface area contributed by atoms with Gasteiger partial charge >= 0.3 is 0 Å². The maximum Gasteiger partial charge on any atom is 0.230 e. The van der Waals surface area contributed by atoms with Crippen LogP contribution < -0.4 is 5.32 Å². The van der Waals surface area contributed by atoms with Crippen molar-refractivity contribution < 1.29 is 9.53 Å². The molecule has 5 heteroatoms. The van der Waals surface area contributed by atoms with Crippen LogP contribution >= 0.6 is 11.8 Å². The van der Waals surface area contributed by atoms with Gasteiger partial charge in [-0.25, -0.2) is 0 Å². The normalized spacial score (nSPS) is 16.3. The smallest absolute Gasteiger partial charge is 0.230 e. The van der Waals surface area contributed by atoms with Gasteiger partial charge in [-0.15, -0.1) is 11.8 Å². The zero-order chi connectivity index (χ0) is 16.7. The van der Waals surface area contributed by atoms with Crippen molar-refractivity contribution in [2.75, 3.05) is 38.6 Å². The number of nitrogens with zero attached hydrogens (tertiary/aromatic N) is 1. The number of carbonyl (C=O) groups is 1. The van der Waals surface area contributed by atoms with Gasteiger partial charge < -0.3 is 10.1 Å². The van der Waals surface area contributed by atoms with E-state index < -0.39 is 0 Å². The number of hydrogen-bond acceptors (Lipinski definition) is 4. The Morgan fingerprint density at radius 1 is 1.35 bits per heavy atom. The molecule has 0 bridgehead atoms. The van der Waals surface area contributed by atoms with E-state index >= 15 is 0 Å². The molecular formula is C18H28N2O2S. The van der Waals surface area contributed by atoms with Crippen LogP contribution in [0.4, 0.5) is 0 Å². The second-order valence-electron chi connectivity index (χ2n) is 6.67. The Morgan fingerprint density at radius 3 is 2.78 bits per heavy atom. The van der Waals surface area contributed by atoms with Crippen molar-refractivity contribution in [2.45, 2.75) is 32.1 Å². The lowest BCUT2D eigenvalue weighted by Crippen LogP contribution is -2.55. The molecule has 1 N–H and O–H groups in total. The summed E-state index contributed by atoms with van der Waals surface area (Å²) in [6, 6.07) is 8.44. The highest BCUT2D eigenvalue weighted by atomic mass is 32.2. The van der Waals surface area contributed by atoms with E-state index in [9.17, 15) is 4.79 Å². The molecule has 0 spiro atoms. The maximum atomic E-state index is 12.1. The highest BCUT2D eigenvalue weighted by Gasteiger charge is 2.28. The second kappa shape index (κ2) is 8.71. The maximum absolute atomic E-state index is 12.1. The fourth-order valence-corrected chi connectivity index (χ4v) is 3.51. The van der Waals surface area contributed by atoms with E-state index in [4.69, 9.17) is 4.74 Å². The average Bonchev–Trinajstić information content (AvgIpc) is 2.54. The van der Waals surface area contributed by atoms with Gasteiger partial charge in [0.15, 0.2) is 0 Å². The van der Waals surface area contributed by atoms with Gasteiger partial charge in [0.1, 0.15) is 0 Å². The van der Waals surface area contributed by atoms with Crippen LogP contribution in [0, 0.1) is 6.92 Å². The fraction of sp³-hybridized carbons (Fsp3) is 0.611. The molecule has 23 heavy (non-hydrogen) atoms. The standard InChI is InChI=1S/C18H28N2O2S/c1-15-5-4-6-16(11-15)12-23-13-17(21)19-14-18(2,3)20-7-9-22-10-8-20/h4-6,11H,7-10,12-14H2,1-3H3,(H,19,21). The summed E-state index contributed by atoms with van der Waals surface area (Å²) >= 11 is 1.66. The van der Waals surface area contributed by atoms with Crippen molar-refractivity contribution in [2.24, 2.45) is 0 Å². The molecule has 0 atom stereocenters. The monoisotopic (exact) mass is 336 g/mol. The lowest BCUT2D eigenvalue weighted by Gasteiger charge is -2.40. The number of thioether (sulfide) groups is 1. The molecule has 2 rings (SSSR count). The molecule has 128 valence electrons. The third-order valence-corrected chi connectivity index (χ3v) is 5.17. The number of morpholine rings is 1. The number of aryl methyl sites for hydroxylation is 1. The van der Waals surface area contributed by atoms with Gasteiger partial charge in [-0.2, -0.15) is 0 Å². The summed E-state index contributed by atoms with van der Waals surface area (Å²) in [6.45, 7) is 10.6. The zero-order valence-electron chi connectivity index (χ0n) is 14.4.